The Morgan fingerprint density at radius 3 is 2.71 bits per heavy atom. The maximum atomic E-state index is 11.4. The average Bonchev–Trinajstić information content (AvgIpc) is 2.59. The van der Waals surface area contributed by atoms with Crippen molar-refractivity contribution in [3.63, 3.8) is 0 Å². The molecule has 74 valence electrons. The lowest BCUT2D eigenvalue weighted by atomic mass is 10.1. The summed E-state index contributed by atoms with van der Waals surface area (Å²) >= 11 is 0. The number of nitrogens with one attached hydrogen (secondary N) is 1. The molecule has 2 rings (SSSR count). The van der Waals surface area contributed by atoms with Crippen LogP contribution in [0.5, 0.6) is 11.5 Å². The Morgan fingerprint density at radius 2 is 2.07 bits per heavy atom. The van der Waals surface area contributed by atoms with Crippen molar-refractivity contribution in [2.24, 2.45) is 0 Å². The van der Waals surface area contributed by atoms with E-state index in [1.165, 1.54) is 0 Å². The minimum Gasteiger partial charge on any atom is -0.497 e. The van der Waals surface area contributed by atoms with Crippen molar-refractivity contribution in [3.05, 3.63) is 17.7 Å². The maximum Gasteiger partial charge on any atom is 0.184 e. The van der Waals surface area contributed by atoms with Crippen LogP contribution >= 0.6 is 0 Å². The molecule has 0 radical (unpaired) electrons. The molecule has 4 nitrogen and oxygen atoms in total. The predicted octanol–water partition coefficient (Wildman–Crippen LogP) is 1.31. The van der Waals surface area contributed by atoms with E-state index >= 15 is 0 Å². The van der Waals surface area contributed by atoms with E-state index < -0.39 is 0 Å². The fourth-order valence-electron chi connectivity index (χ4n) is 1.54. The molecule has 0 saturated heterocycles. The van der Waals surface area contributed by atoms with Crippen molar-refractivity contribution in [2.45, 2.75) is 0 Å². The Labute approximate surface area is 81.8 Å². The molecule has 1 N–H and O–H groups in total. The van der Waals surface area contributed by atoms with Crippen molar-refractivity contribution >= 4 is 11.5 Å². The van der Waals surface area contributed by atoms with Crippen LogP contribution < -0.4 is 14.8 Å². The highest BCUT2D eigenvalue weighted by molar-refractivity contribution is 6.09. The molecule has 1 aromatic rings. The Kier molecular flexibility index (Phi) is 2.04. The van der Waals surface area contributed by atoms with Gasteiger partial charge >= 0.3 is 0 Å². The Bertz CT molecular complexity index is 387. The first-order valence-corrected chi connectivity index (χ1v) is 4.29. The summed E-state index contributed by atoms with van der Waals surface area (Å²) in [5.74, 6) is 1.35. The molecule has 4 heteroatoms. The molecular weight excluding hydrogens is 182 g/mol. The number of hydrogen-bond acceptors (Lipinski definition) is 4. The normalized spacial score (nSPS) is 13.4. The predicted molar refractivity (Wildman–Crippen MR) is 52.4 cm³/mol. The molecule has 0 aromatic heterocycles. The molecule has 14 heavy (non-hydrogen) atoms. The first-order chi connectivity index (χ1) is 6.76. The third kappa shape index (κ3) is 1.19. The number of ketones is 1. The molecular formula is C10H11NO3. The first kappa shape index (κ1) is 8.87. The van der Waals surface area contributed by atoms with Gasteiger partial charge in [-0.2, -0.15) is 0 Å². The molecule has 0 unspecified atom stereocenters. The summed E-state index contributed by atoms with van der Waals surface area (Å²) in [4.78, 5) is 11.4. The maximum absolute atomic E-state index is 11.4. The van der Waals surface area contributed by atoms with E-state index in [0.717, 1.165) is 5.69 Å². The second kappa shape index (κ2) is 3.21. The summed E-state index contributed by atoms with van der Waals surface area (Å²) in [5, 5.41) is 2.99. The fraction of sp³-hybridized carbons (Fsp3) is 0.300. The van der Waals surface area contributed by atoms with Crippen LogP contribution in [-0.4, -0.2) is 26.5 Å². The van der Waals surface area contributed by atoms with Crippen molar-refractivity contribution in [2.75, 3.05) is 26.1 Å². The van der Waals surface area contributed by atoms with Crippen LogP contribution in [0.25, 0.3) is 0 Å². The van der Waals surface area contributed by atoms with Gasteiger partial charge in [-0.1, -0.05) is 0 Å². The zero-order chi connectivity index (χ0) is 10.1. The molecule has 0 atom stereocenters. The van der Waals surface area contributed by atoms with E-state index in [2.05, 4.69) is 5.32 Å². The largest absolute Gasteiger partial charge is 0.497 e. The number of anilines is 1. The van der Waals surface area contributed by atoms with Crippen LogP contribution in [0.15, 0.2) is 12.1 Å². The van der Waals surface area contributed by atoms with Gasteiger partial charge in [-0.05, 0) is 6.07 Å². The van der Waals surface area contributed by atoms with Crippen molar-refractivity contribution < 1.29 is 14.3 Å². The Hall–Kier alpha value is -1.71. The lowest BCUT2D eigenvalue weighted by Crippen LogP contribution is -2.00. The van der Waals surface area contributed by atoms with Gasteiger partial charge in [0, 0.05) is 6.07 Å². The Morgan fingerprint density at radius 1 is 1.29 bits per heavy atom. The zero-order valence-electron chi connectivity index (χ0n) is 8.09. The summed E-state index contributed by atoms with van der Waals surface area (Å²) in [6, 6.07) is 3.48. The molecule has 0 bridgehead atoms. The number of benzene rings is 1. The van der Waals surface area contributed by atoms with Crippen LogP contribution in [0.4, 0.5) is 5.69 Å². The number of ether oxygens (including phenoxy) is 2. The molecule has 0 saturated carbocycles. The fourth-order valence-corrected chi connectivity index (χ4v) is 1.54. The van der Waals surface area contributed by atoms with Crippen LogP contribution in [0.2, 0.25) is 0 Å². The SMILES string of the molecule is COc1cc(OC)c2c(c1)C(=O)CN2. The third-order valence-electron chi connectivity index (χ3n) is 2.26. The standard InChI is InChI=1S/C10H11NO3/c1-13-6-3-7-8(12)5-11-10(7)9(4-6)14-2/h3-4,11H,5H2,1-2H3. The quantitative estimate of drug-likeness (QED) is 0.769. The van der Waals surface area contributed by atoms with E-state index in [9.17, 15) is 4.79 Å². The lowest BCUT2D eigenvalue weighted by molar-refractivity contribution is 0.101. The van der Waals surface area contributed by atoms with Gasteiger partial charge in [-0.25, -0.2) is 0 Å². The summed E-state index contributed by atoms with van der Waals surface area (Å²) in [6.07, 6.45) is 0. The lowest BCUT2D eigenvalue weighted by Gasteiger charge is -2.08. The van der Waals surface area contributed by atoms with Crippen molar-refractivity contribution in [3.8, 4) is 11.5 Å². The average molecular weight is 193 g/mol. The van der Waals surface area contributed by atoms with E-state index in [0.29, 0.717) is 23.6 Å². The van der Waals surface area contributed by atoms with E-state index in [4.69, 9.17) is 9.47 Å². The minimum absolute atomic E-state index is 0.0669. The molecule has 1 aromatic carbocycles. The first-order valence-electron chi connectivity index (χ1n) is 4.29. The zero-order valence-corrected chi connectivity index (χ0v) is 8.09. The summed E-state index contributed by atoms with van der Waals surface area (Å²) in [7, 11) is 3.13. The highest BCUT2D eigenvalue weighted by Gasteiger charge is 2.23. The van der Waals surface area contributed by atoms with Crippen LogP contribution in [0.1, 0.15) is 10.4 Å². The molecule has 0 amide bonds. The smallest absolute Gasteiger partial charge is 0.184 e. The van der Waals surface area contributed by atoms with Gasteiger partial charge in [-0.3, -0.25) is 4.79 Å². The van der Waals surface area contributed by atoms with Gasteiger partial charge in [0.15, 0.2) is 5.78 Å². The topological polar surface area (TPSA) is 47.6 Å². The summed E-state index contributed by atoms with van der Waals surface area (Å²) in [5.41, 5.74) is 1.40. The van der Waals surface area contributed by atoms with Gasteiger partial charge in [0.05, 0.1) is 32.0 Å². The van der Waals surface area contributed by atoms with Crippen LogP contribution in [-0.2, 0) is 0 Å². The van der Waals surface area contributed by atoms with Crippen molar-refractivity contribution in [1.29, 1.82) is 0 Å². The molecule has 0 fully saturated rings. The number of rotatable bonds is 2. The minimum atomic E-state index is 0.0669. The number of carbonyl (C=O) groups is 1. The Balaban J connectivity index is 2.58. The molecule has 1 aliphatic heterocycles. The van der Waals surface area contributed by atoms with Gasteiger partial charge in [0.25, 0.3) is 0 Å². The van der Waals surface area contributed by atoms with Crippen LogP contribution in [0, 0.1) is 0 Å². The van der Waals surface area contributed by atoms with Gasteiger partial charge in [0.1, 0.15) is 11.5 Å². The van der Waals surface area contributed by atoms with Gasteiger partial charge in [0.2, 0.25) is 0 Å². The second-order valence-corrected chi connectivity index (χ2v) is 3.03. The van der Waals surface area contributed by atoms with Gasteiger partial charge in [-0.15, -0.1) is 0 Å². The number of fused-ring (bicyclic) bond motifs is 1. The van der Waals surface area contributed by atoms with Crippen LogP contribution in [0.3, 0.4) is 0 Å². The number of Topliss-reactive ketones (excluding diaryl/α,β-unsaturated/α-hetero) is 1. The summed E-state index contributed by atoms with van der Waals surface area (Å²) in [6.45, 7) is 0.332. The number of hydrogen-bond donors (Lipinski definition) is 1. The number of methoxy groups -OCH3 is 2. The molecule has 1 heterocycles. The molecule has 0 spiro atoms. The van der Waals surface area contributed by atoms with E-state index in [1.54, 1.807) is 26.4 Å². The highest BCUT2D eigenvalue weighted by Crippen LogP contribution is 2.36. The van der Waals surface area contributed by atoms with E-state index in [-0.39, 0.29) is 5.78 Å². The van der Waals surface area contributed by atoms with Gasteiger partial charge < -0.3 is 14.8 Å². The summed E-state index contributed by atoms with van der Waals surface area (Å²) < 4.78 is 10.2. The van der Waals surface area contributed by atoms with Crippen molar-refractivity contribution in [1.82, 2.24) is 0 Å². The molecule has 0 aliphatic carbocycles. The highest BCUT2D eigenvalue weighted by atomic mass is 16.5. The number of carbonyl (C=O) groups excluding carboxylic acids is 1. The second-order valence-electron chi connectivity index (χ2n) is 3.03. The third-order valence-corrected chi connectivity index (χ3v) is 2.26. The molecule has 1 aliphatic rings. The van der Waals surface area contributed by atoms with E-state index in [1.807, 2.05) is 0 Å². The monoisotopic (exact) mass is 193 g/mol.